The number of amides is 1. The predicted molar refractivity (Wildman–Crippen MR) is 93.4 cm³/mol. The van der Waals surface area contributed by atoms with Gasteiger partial charge >= 0.3 is 0 Å². The minimum absolute atomic E-state index is 0.274. The Labute approximate surface area is 144 Å². The number of nitrogens with zero attached hydrogens (tertiary/aromatic N) is 2. The molecule has 1 heterocycles. The van der Waals surface area contributed by atoms with Gasteiger partial charge in [0.2, 0.25) is 0 Å². The van der Waals surface area contributed by atoms with Crippen LogP contribution in [0.15, 0.2) is 60.9 Å². The Morgan fingerprint density at radius 2 is 1.88 bits per heavy atom. The van der Waals surface area contributed by atoms with Crippen molar-refractivity contribution in [1.82, 2.24) is 9.97 Å². The summed E-state index contributed by atoms with van der Waals surface area (Å²) >= 11 is 6.00. The van der Waals surface area contributed by atoms with Crippen molar-refractivity contribution in [2.24, 2.45) is 0 Å². The number of nitrogens with one attached hydrogen (secondary N) is 1. The summed E-state index contributed by atoms with van der Waals surface area (Å²) in [6.45, 7) is 0. The molecule has 0 radical (unpaired) electrons. The zero-order chi connectivity index (χ0) is 16.9. The smallest absolute Gasteiger partial charge is 0.274 e. The van der Waals surface area contributed by atoms with Gasteiger partial charge in [-0.3, -0.25) is 4.79 Å². The molecule has 1 amide bonds. The molecule has 0 spiro atoms. The third kappa shape index (κ3) is 3.70. The van der Waals surface area contributed by atoms with Crippen molar-refractivity contribution < 1.29 is 9.53 Å². The van der Waals surface area contributed by atoms with Crippen molar-refractivity contribution in [3.8, 4) is 17.0 Å². The van der Waals surface area contributed by atoms with Crippen LogP contribution in [0, 0.1) is 0 Å². The predicted octanol–water partition coefficient (Wildman–Crippen LogP) is 4.06. The first-order chi connectivity index (χ1) is 11.7. The molecule has 1 aromatic heterocycles. The van der Waals surface area contributed by atoms with E-state index in [1.807, 2.05) is 12.1 Å². The molecule has 0 aliphatic carbocycles. The van der Waals surface area contributed by atoms with E-state index in [1.54, 1.807) is 49.6 Å². The summed E-state index contributed by atoms with van der Waals surface area (Å²) in [5.41, 5.74) is 2.38. The Morgan fingerprint density at radius 1 is 1.08 bits per heavy atom. The Kier molecular flexibility index (Phi) is 4.72. The number of halogens is 1. The fraction of sp³-hybridized carbons (Fsp3) is 0.0556. The molecule has 0 aliphatic heterocycles. The lowest BCUT2D eigenvalue weighted by molar-refractivity contribution is 0.102. The van der Waals surface area contributed by atoms with Gasteiger partial charge in [-0.15, -0.1) is 0 Å². The monoisotopic (exact) mass is 339 g/mol. The lowest BCUT2D eigenvalue weighted by Crippen LogP contribution is -2.14. The summed E-state index contributed by atoms with van der Waals surface area (Å²) in [6.07, 6.45) is 1.36. The summed E-state index contributed by atoms with van der Waals surface area (Å²) in [5, 5.41) is 3.40. The fourth-order valence-corrected chi connectivity index (χ4v) is 2.35. The molecular formula is C18H14ClN3O2. The van der Waals surface area contributed by atoms with Gasteiger partial charge in [0.25, 0.3) is 5.91 Å². The quantitative estimate of drug-likeness (QED) is 0.778. The Morgan fingerprint density at radius 3 is 2.58 bits per heavy atom. The van der Waals surface area contributed by atoms with Gasteiger partial charge < -0.3 is 10.1 Å². The van der Waals surface area contributed by atoms with E-state index in [2.05, 4.69) is 15.3 Å². The number of anilines is 1. The number of carbonyl (C=O) groups is 1. The average Bonchev–Trinajstić information content (AvgIpc) is 2.62. The van der Waals surface area contributed by atoms with Crippen LogP contribution in [-0.2, 0) is 0 Å². The van der Waals surface area contributed by atoms with Gasteiger partial charge in [-0.1, -0.05) is 23.7 Å². The van der Waals surface area contributed by atoms with E-state index in [-0.39, 0.29) is 11.6 Å². The first-order valence-electron chi connectivity index (χ1n) is 7.19. The number of methoxy groups -OCH3 is 1. The second kappa shape index (κ2) is 7.10. The molecular weight excluding hydrogens is 326 g/mol. The van der Waals surface area contributed by atoms with Crippen molar-refractivity contribution in [2.45, 2.75) is 0 Å². The third-order valence-electron chi connectivity index (χ3n) is 3.37. The lowest BCUT2D eigenvalue weighted by atomic mass is 10.1. The number of hydrogen-bond donors (Lipinski definition) is 1. The van der Waals surface area contributed by atoms with Crippen LogP contribution >= 0.6 is 11.6 Å². The average molecular weight is 340 g/mol. The molecule has 0 atom stereocenters. The van der Waals surface area contributed by atoms with Gasteiger partial charge in [0.15, 0.2) is 0 Å². The van der Waals surface area contributed by atoms with E-state index in [0.717, 1.165) is 11.3 Å². The van der Waals surface area contributed by atoms with E-state index in [0.29, 0.717) is 16.4 Å². The van der Waals surface area contributed by atoms with Crippen molar-refractivity contribution in [3.63, 3.8) is 0 Å². The number of hydrogen-bond acceptors (Lipinski definition) is 4. The summed E-state index contributed by atoms with van der Waals surface area (Å²) in [4.78, 5) is 20.6. The maximum absolute atomic E-state index is 12.4. The zero-order valence-electron chi connectivity index (χ0n) is 12.9. The number of carbonyl (C=O) groups excluding carboxylic acids is 1. The van der Waals surface area contributed by atoms with Crippen molar-refractivity contribution >= 4 is 23.2 Å². The number of aromatic nitrogens is 2. The highest BCUT2D eigenvalue weighted by Gasteiger charge is 2.10. The molecule has 0 bridgehead atoms. The molecule has 0 saturated carbocycles. The normalized spacial score (nSPS) is 10.2. The first-order valence-corrected chi connectivity index (χ1v) is 7.57. The summed E-state index contributed by atoms with van der Waals surface area (Å²) in [6, 6.07) is 16.0. The molecule has 0 saturated heterocycles. The Bertz CT molecular complexity index is 866. The number of benzene rings is 2. The van der Waals surface area contributed by atoms with Crippen molar-refractivity contribution in [2.75, 3.05) is 12.4 Å². The molecule has 2 aromatic carbocycles. The van der Waals surface area contributed by atoms with Crippen LogP contribution in [-0.4, -0.2) is 23.0 Å². The second-order valence-corrected chi connectivity index (χ2v) is 5.42. The van der Waals surface area contributed by atoms with E-state index >= 15 is 0 Å². The molecule has 24 heavy (non-hydrogen) atoms. The molecule has 0 aliphatic rings. The van der Waals surface area contributed by atoms with E-state index in [9.17, 15) is 4.79 Å². The van der Waals surface area contributed by atoms with Crippen LogP contribution in [0.4, 0.5) is 5.69 Å². The number of rotatable bonds is 4. The highest BCUT2D eigenvalue weighted by molar-refractivity contribution is 6.30. The maximum atomic E-state index is 12.4. The Hall–Kier alpha value is -2.92. The van der Waals surface area contributed by atoms with Gasteiger partial charge in [-0.25, -0.2) is 9.97 Å². The molecule has 5 nitrogen and oxygen atoms in total. The standard InChI is InChI=1S/C18H14ClN3O2/c1-24-15-7-5-14(6-8-15)22-18(23)17-10-16(20-11-21-17)12-3-2-4-13(19)9-12/h2-11H,1H3,(H,22,23). The molecule has 1 N–H and O–H groups in total. The van der Waals surface area contributed by atoms with Crippen LogP contribution in [0.1, 0.15) is 10.5 Å². The minimum atomic E-state index is -0.314. The van der Waals surface area contributed by atoms with Gasteiger partial charge in [-0.05, 0) is 42.5 Å². The van der Waals surface area contributed by atoms with Gasteiger partial charge in [0.1, 0.15) is 17.8 Å². The van der Waals surface area contributed by atoms with Crippen LogP contribution < -0.4 is 10.1 Å². The number of ether oxygens (including phenoxy) is 1. The molecule has 0 unspecified atom stereocenters. The van der Waals surface area contributed by atoms with Crippen LogP contribution in [0.5, 0.6) is 5.75 Å². The second-order valence-electron chi connectivity index (χ2n) is 4.98. The Balaban J connectivity index is 1.81. The maximum Gasteiger partial charge on any atom is 0.274 e. The molecule has 3 rings (SSSR count). The molecule has 0 fully saturated rings. The SMILES string of the molecule is COc1ccc(NC(=O)c2cc(-c3cccc(Cl)c3)ncn2)cc1. The largest absolute Gasteiger partial charge is 0.497 e. The van der Waals surface area contributed by atoms with Gasteiger partial charge in [-0.2, -0.15) is 0 Å². The first kappa shape index (κ1) is 16.0. The zero-order valence-corrected chi connectivity index (χ0v) is 13.6. The van der Waals surface area contributed by atoms with E-state index in [4.69, 9.17) is 16.3 Å². The highest BCUT2D eigenvalue weighted by atomic mass is 35.5. The van der Waals surface area contributed by atoms with Crippen molar-refractivity contribution in [1.29, 1.82) is 0 Å². The minimum Gasteiger partial charge on any atom is -0.497 e. The summed E-state index contributed by atoms with van der Waals surface area (Å²) in [5.74, 6) is 0.407. The molecule has 3 aromatic rings. The highest BCUT2D eigenvalue weighted by Crippen LogP contribution is 2.21. The van der Waals surface area contributed by atoms with Crippen molar-refractivity contribution in [3.05, 3.63) is 71.6 Å². The van der Waals surface area contributed by atoms with Crippen LogP contribution in [0.25, 0.3) is 11.3 Å². The summed E-state index contributed by atoms with van der Waals surface area (Å²) in [7, 11) is 1.59. The molecule has 6 heteroatoms. The lowest BCUT2D eigenvalue weighted by Gasteiger charge is -2.07. The van der Waals surface area contributed by atoms with Crippen LogP contribution in [0.2, 0.25) is 5.02 Å². The van der Waals surface area contributed by atoms with Crippen LogP contribution in [0.3, 0.4) is 0 Å². The summed E-state index contributed by atoms with van der Waals surface area (Å²) < 4.78 is 5.09. The van der Waals surface area contributed by atoms with Gasteiger partial charge in [0, 0.05) is 16.3 Å². The molecule has 120 valence electrons. The fourth-order valence-electron chi connectivity index (χ4n) is 2.16. The van der Waals surface area contributed by atoms with E-state index < -0.39 is 0 Å². The van der Waals surface area contributed by atoms with Gasteiger partial charge in [0.05, 0.1) is 12.8 Å². The third-order valence-corrected chi connectivity index (χ3v) is 3.60. The van der Waals surface area contributed by atoms with E-state index in [1.165, 1.54) is 6.33 Å². The topological polar surface area (TPSA) is 64.1 Å².